The maximum Gasteiger partial charge on any atom is 0.311 e. The van der Waals surface area contributed by atoms with Crippen molar-refractivity contribution in [3.8, 4) is 11.3 Å². The van der Waals surface area contributed by atoms with Gasteiger partial charge in [-0.2, -0.15) is 0 Å². The molecule has 132 valence electrons. The molecule has 1 aromatic heterocycles. The number of benzene rings is 1. The summed E-state index contributed by atoms with van der Waals surface area (Å²) in [5.41, 5.74) is -0.0943. The number of aryl methyl sites for hydroxylation is 1. The van der Waals surface area contributed by atoms with Crippen LogP contribution in [-0.4, -0.2) is 41.7 Å². The molecule has 2 N–H and O–H groups in total. The fourth-order valence-corrected chi connectivity index (χ4v) is 2.93. The fourth-order valence-electron chi connectivity index (χ4n) is 2.93. The lowest BCUT2D eigenvalue weighted by atomic mass is 9.80. The molecule has 1 saturated heterocycles. The Labute approximate surface area is 145 Å². The number of rotatable bonds is 5. The SMILES string of the molecule is Cc1nc(C(=O)NCC2(C(=O)O)CCOCC2)c(-c2ccccc2)o1. The third-order valence-electron chi connectivity index (χ3n) is 4.48. The lowest BCUT2D eigenvalue weighted by molar-refractivity contribution is -0.154. The van der Waals surface area contributed by atoms with E-state index in [0.29, 0.717) is 37.7 Å². The van der Waals surface area contributed by atoms with E-state index in [1.807, 2.05) is 30.3 Å². The summed E-state index contributed by atoms with van der Waals surface area (Å²) in [6, 6.07) is 9.21. The monoisotopic (exact) mass is 344 g/mol. The Morgan fingerprint density at radius 3 is 2.56 bits per heavy atom. The molecule has 1 amide bonds. The van der Waals surface area contributed by atoms with Gasteiger partial charge >= 0.3 is 5.97 Å². The van der Waals surface area contributed by atoms with Crippen LogP contribution in [0, 0.1) is 12.3 Å². The smallest absolute Gasteiger partial charge is 0.311 e. The van der Waals surface area contributed by atoms with E-state index in [1.54, 1.807) is 6.92 Å². The fraction of sp³-hybridized carbons (Fsp3) is 0.389. The molecule has 2 aromatic rings. The van der Waals surface area contributed by atoms with Crippen molar-refractivity contribution in [3.63, 3.8) is 0 Å². The van der Waals surface area contributed by atoms with Crippen LogP contribution in [0.3, 0.4) is 0 Å². The number of amides is 1. The number of nitrogens with zero attached hydrogens (tertiary/aromatic N) is 1. The second kappa shape index (κ2) is 7.06. The standard InChI is InChI=1S/C18H20N2O5/c1-12-20-14(15(25-12)13-5-3-2-4-6-13)16(21)19-11-18(17(22)23)7-9-24-10-8-18/h2-6H,7-11H2,1H3,(H,19,21)(H,22,23). The molecule has 1 aliphatic heterocycles. The molecule has 0 saturated carbocycles. The van der Waals surface area contributed by atoms with Gasteiger partial charge in [0, 0.05) is 32.2 Å². The number of nitrogens with one attached hydrogen (secondary N) is 1. The van der Waals surface area contributed by atoms with Crippen molar-refractivity contribution >= 4 is 11.9 Å². The summed E-state index contributed by atoms with van der Waals surface area (Å²) in [7, 11) is 0. The van der Waals surface area contributed by atoms with E-state index in [9.17, 15) is 14.7 Å². The lowest BCUT2D eigenvalue weighted by Gasteiger charge is -2.33. The molecule has 0 atom stereocenters. The van der Waals surface area contributed by atoms with Gasteiger partial charge in [-0.05, 0) is 12.8 Å². The third-order valence-corrected chi connectivity index (χ3v) is 4.48. The number of carboxylic acids is 1. The summed E-state index contributed by atoms with van der Waals surface area (Å²) in [5.74, 6) is -0.603. The van der Waals surface area contributed by atoms with Gasteiger partial charge in [0.25, 0.3) is 5.91 Å². The molecule has 1 fully saturated rings. The topological polar surface area (TPSA) is 102 Å². The van der Waals surface area contributed by atoms with Crippen LogP contribution < -0.4 is 5.32 Å². The molecule has 0 aliphatic carbocycles. The molecule has 25 heavy (non-hydrogen) atoms. The van der Waals surface area contributed by atoms with Crippen molar-refractivity contribution in [1.29, 1.82) is 0 Å². The average molecular weight is 344 g/mol. The molecule has 2 heterocycles. The minimum Gasteiger partial charge on any atom is -0.481 e. The highest BCUT2D eigenvalue weighted by Crippen LogP contribution is 2.30. The minimum absolute atomic E-state index is 0.0324. The highest BCUT2D eigenvalue weighted by molar-refractivity contribution is 5.98. The van der Waals surface area contributed by atoms with Crippen LogP contribution in [0.4, 0.5) is 0 Å². The molecule has 7 nitrogen and oxygen atoms in total. The van der Waals surface area contributed by atoms with Gasteiger partial charge in [0.2, 0.25) is 0 Å². The molecular weight excluding hydrogens is 324 g/mol. The number of oxazole rings is 1. The molecule has 0 unspecified atom stereocenters. The highest BCUT2D eigenvalue weighted by atomic mass is 16.5. The second-order valence-electron chi connectivity index (χ2n) is 6.16. The molecule has 1 aliphatic rings. The van der Waals surface area contributed by atoms with Crippen LogP contribution in [-0.2, 0) is 9.53 Å². The van der Waals surface area contributed by atoms with Crippen molar-refractivity contribution < 1.29 is 23.8 Å². The van der Waals surface area contributed by atoms with E-state index in [-0.39, 0.29) is 12.2 Å². The van der Waals surface area contributed by atoms with Crippen molar-refractivity contribution in [1.82, 2.24) is 10.3 Å². The van der Waals surface area contributed by atoms with E-state index in [1.165, 1.54) is 0 Å². The zero-order valence-electron chi connectivity index (χ0n) is 13.9. The summed E-state index contributed by atoms with van der Waals surface area (Å²) in [6.45, 7) is 2.45. The number of hydrogen-bond donors (Lipinski definition) is 2. The molecule has 7 heteroatoms. The summed E-state index contributed by atoms with van der Waals surface area (Å²) in [4.78, 5) is 28.4. The van der Waals surface area contributed by atoms with Gasteiger partial charge < -0.3 is 19.6 Å². The molecule has 1 aromatic carbocycles. The Kier molecular flexibility index (Phi) is 4.85. The molecule has 0 bridgehead atoms. The number of aliphatic carboxylic acids is 1. The first kappa shape index (κ1) is 17.2. The van der Waals surface area contributed by atoms with Crippen LogP contribution >= 0.6 is 0 Å². The van der Waals surface area contributed by atoms with Crippen LogP contribution in [0.2, 0.25) is 0 Å². The summed E-state index contributed by atoms with van der Waals surface area (Å²) in [5, 5.41) is 12.3. The number of carbonyl (C=O) groups excluding carboxylic acids is 1. The molecule has 0 radical (unpaired) electrons. The molecular formula is C18H20N2O5. The van der Waals surface area contributed by atoms with Gasteiger partial charge in [-0.3, -0.25) is 9.59 Å². The number of carbonyl (C=O) groups is 2. The number of hydrogen-bond acceptors (Lipinski definition) is 5. The van der Waals surface area contributed by atoms with Crippen molar-refractivity contribution in [2.45, 2.75) is 19.8 Å². The van der Waals surface area contributed by atoms with Crippen LogP contribution in [0.5, 0.6) is 0 Å². The molecule has 0 spiro atoms. The summed E-state index contributed by atoms with van der Waals surface area (Å²) >= 11 is 0. The van der Waals surface area contributed by atoms with Gasteiger partial charge in [-0.25, -0.2) is 4.98 Å². The zero-order chi connectivity index (χ0) is 17.9. The largest absolute Gasteiger partial charge is 0.481 e. The predicted octanol–water partition coefficient (Wildman–Crippen LogP) is 2.26. The Bertz CT molecular complexity index is 763. The van der Waals surface area contributed by atoms with Gasteiger partial charge in [-0.1, -0.05) is 30.3 Å². The van der Waals surface area contributed by atoms with Gasteiger partial charge in [0.1, 0.15) is 0 Å². The van der Waals surface area contributed by atoms with Crippen LogP contribution in [0.25, 0.3) is 11.3 Å². The highest BCUT2D eigenvalue weighted by Gasteiger charge is 2.40. The average Bonchev–Trinajstić information content (AvgIpc) is 3.03. The quantitative estimate of drug-likeness (QED) is 0.863. The first-order valence-corrected chi connectivity index (χ1v) is 8.14. The maximum absolute atomic E-state index is 12.6. The normalized spacial score (nSPS) is 16.4. The number of carboxylic acid groups (broad SMARTS) is 1. The Morgan fingerprint density at radius 2 is 1.92 bits per heavy atom. The molecule has 3 rings (SSSR count). The van der Waals surface area contributed by atoms with Gasteiger partial charge in [-0.15, -0.1) is 0 Å². The Morgan fingerprint density at radius 1 is 1.24 bits per heavy atom. The van der Waals surface area contributed by atoms with Crippen LogP contribution in [0.15, 0.2) is 34.7 Å². The maximum atomic E-state index is 12.6. The number of ether oxygens (including phenoxy) is 1. The van der Waals surface area contributed by atoms with Crippen molar-refractivity contribution in [2.75, 3.05) is 19.8 Å². The lowest BCUT2D eigenvalue weighted by Crippen LogP contribution is -2.46. The van der Waals surface area contributed by atoms with E-state index >= 15 is 0 Å². The third kappa shape index (κ3) is 3.56. The van der Waals surface area contributed by atoms with Gasteiger partial charge in [0.15, 0.2) is 17.3 Å². The van der Waals surface area contributed by atoms with E-state index in [4.69, 9.17) is 9.15 Å². The Hall–Kier alpha value is -2.67. The number of aromatic nitrogens is 1. The first-order chi connectivity index (χ1) is 12.0. The van der Waals surface area contributed by atoms with Crippen molar-refractivity contribution in [2.24, 2.45) is 5.41 Å². The van der Waals surface area contributed by atoms with E-state index in [0.717, 1.165) is 5.56 Å². The summed E-state index contributed by atoms with van der Waals surface area (Å²) < 4.78 is 10.8. The Balaban J connectivity index is 1.79. The van der Waals surface area contributed by atoms with E-state index < -0.39 is 17.3 Å². The zero-order valence-corrected chi connectivity index (χ0v) is 13.9. The van der Waals surface area contributed by atoms with Crippen LogP contribution in [0.1, 0.15) is 29.2 Å². The first-order valence-electron chi connectivity index (χ1n) is 8.14. The van der Waals surface area contributed by atoms with Crippen molar-refractivity contribution in [3.05, 3.63) is 41.9 Å². The predicted molar refractivity (Wildman–Crippen MR) is 89.1 cm³/mol. The van der Waals surface area contributed by atoms with Gasteiger partial charge in [0.05, 0.1) is 5.41 Å². The van der Waals surface area contributed by atoms with E-state index in [2.05, 4.69) is 10.3 Å². The summed E-state index contributed by atoms with van der Waals surface area (Å²) in [6.07, 6.45) is 0.734. The minimum atomic E-state index is -1.00. The second-order valence-corrected chi connectivity index (χ2v) is 6.16.